The van der Waals surface area contributed by atoms with Crippen LogP contribution in [0.15, 0.2) is 24.3 Å². The zero-order valence-electron chi connectivity index (χ0n) is 9.58. The summed E-state index contributed by atoms with van der Waals surface area (Å²) < 4.78 is 0. The molecule has 14 heavy (non-hydrogen) atoms. The van der Waals surface area contributed by atoms with E-state index < -0.39 is 0 Å². The van der Waals surface area contributed by atoms with Crippen LogP contribution in [-0.4, -0.2) is 5.78 Å². The number of allylic oxidation sites excluding steroid dienone is 4. The van der Waals surface area contributed by atoms with Crippen molar-refractivity contribution < 1.29 is 4.79 Å². The predicted molar refractivity (Wildman–Crippen MR) is 60.0 cm³/mol. The molecule has 0 saturated carbocycles. The van der Waals surface area contributed by atoms with Crippen LogP contribution < -0.4 is 0 Å². The lowest BCUT2D eigenvalue weighted by Gasteiger charge is -2.38. The van der Waals surface area contributed by atoms with Crippen LogP contribution >= 0.6 is 0 Å². The third kappa shape index (κ3) is 2.14. The number of carbonyl (C=O) groups excluding carboxylic acids is 1. The van der Waals surface area contributed by atoms with Gasteiger partial charge in [-0.3, -0.25) is 4.79 Å². The Balaban J connectivity index is 2.93. The molecule has 0 aliphatic heterocycles. The predicted octanol–water partition coefficient (Wildman–Crippen LogP) is 3.37. The molecule has 0 aromatic rings. The van der Waals surface area contributed by atoms with Gasteiger partial charge in [0, 0.05) is 5.92 Å². The van der Waals surface area contributed by atoms with E-state index in [9.17, 15) is 4.79 Å². The van der Waals surface area contributed by atoms with Crippen molar-refractivity contribution in [3.8, 4) is 0 Å². The van der Waals surface area contributed by atoms with Crippen molar-refractivity contribution in [2.45, 2.75) is 34.1 Å². The summed E-state index contributed by atoms with van der Waals surface area (Å²) in [5.41, 5.74) is 0.102. The van der Waals surface area contributed by atoms with Gasteiger partial charge >= 0.3 is 0 Å². The highest BCUT2D eigenvalue weighted by atomic mass is 16.1. The molecule has 1 aliphatic carbocycles. The van der Waals surface area contributed by atoms with Gasteiger partial charge in [0.25, 0.3) is 0 Å². The molecule has 0 aromatic carbocycles. The zero-order valence-corrected chi connectivity index (χ0v) is 9.58. The van der Waals surface area contributed by atoms with Crippen molar-refractivity contribution in [3.63, 3.8) is 0 Å². The summed E-state index contributed by atoms with van der Waals surface area (Å²) in [5.74, 6) is 0.778. The monoisotopic (exact) mass is 192 g/mol. The standard InChI is InChI=1S/C13H20O/c1-5-7-11(14)12-10(2)8-6-9-13(12,3)4/h5-8,10,12H,9H2,1-4H3/t10-,12+/m1/s1. The molecule has 1 rings (SSSR count). The number of hydrogen-bond donors (Lipinski definition) is 0. The smallest absolute Gasteiger partial charge is 0.159 e. The Hall–Kier alpha value is -0.850. The van der Waals surface area contributed by atoms with Crippen LogP contribution in [0.25, 0.3) is 0 Å². The highest BCUT2D eigenvalue weighted by Gasteiger charge is 2.38. The largest absolute Gasteiger partial charge is 0.295 e. The van der Waals surface area contributed by atoms with Gasteiger partial charge in [0.15, 0.2) is 5.78 Å². The van der Waals surface area contributed by atoms with Gasteiger partial charge in [-0.1, -0.05) is 39.0 Å². The van der Waals surface area contributed by atoms with E-state index in [1.165, 1.54) is 0 Å². The second-order valence-electron chi connectivity index (χ2n) is 4.86. The van der Waals surface area contributed by atoms with Crippen LogP contribution in [0.4, 0.5) is 0 Å². The molecule has 78 valence electrons. The Morgan fingerprint density at radius 1 is 1.50 bits per heavy atom. The van der Waals surface area contributed by atoms with Crippen LogP contribution in [0.5, 0.6) is 0 Å². The van der Waals surface area contributed by atoms with E-state index in [4.69, 9.17) is 0 Å². The lowest BCUT2D eigenvalue weighted by atomic mass is 9.65. The molecular weight excluding hydrogens is 172 g/mol. The number of carbonyl (C=O) groups is 1. The molecule has 1 nitrogen and oxygen atoms in total. The Bertz CT molecular complexity index is 271. The van der Waals surface area contributed by atoms with Gasteiger partial charge in [-0.15, -0.1) is 0 Å². The molecule has 1 aliphatic rings. The first-order chi connectivity index (χ1) is 6.49. The van der Waals surface area contributed by atoms with Gasteiger partial charge in [-0.25, -0.2) is 0 Å². The average Bonchev–Trinajstić information content (AvgIpc) is 2.02. The maximum absolute atomic E-state index is 11.9. The first kappa shape index (κ1) is 11.2. The lowest BCUT2D eigenvalue weighted by Crippen LogP contribution is -2.36. The molecular formula is C13H20O. The topological polar surface area (TPSA) is 17.1 Å². The van der Waals surface area contributed by atoms with E-state index >= 15 is 0 Å². The Labute approximate surface area is 86.9 Å². The van der Waals surface area contributed by atoms with Crippen molar-refractivity contribution in [1.82, 2.24) is 0 Å². The van der Waals surface area contributed by atoms with E-state index in [1.54, 1.807) is 6.08 Å². The summed E-state index contributed by atoms with van der Waals surface area (Å²) in [7, 11) is 0. The Morgan fingerprint density at radius 2 is 2.14 bits per heavy atom. The molecule has 2 atom stereocenters. The first-order valence-electron chi connectivity index (χ1n) is 5.32. The highest BCUT2D eigenvalue weighted by Crippen LogP contribution is 2.41. The number of hydrogen-bond acceptors (Lipinski definition) is 1. The van der Waals surface area contributed by atoms with Crippen molar-refractivity contribution in [2.75, 3.05) is 0 Å². The van der Waals surface area contributed by atoms with Gasteiger partial charge in [-0.05, 0) is 30.8 Å². The third-order valence-electron chi connectivity index (χ3n) is 3.09. The van der Waals surface area contributed by atoms with Crippen LogP contribution in [-0.2, 0) is 4.79 Å². The average molecular weight is 192 g/mol. The van der Waals surface area contributed by atoms with E-state index in [0.29, 0.717) is 5.92 Å². The van der Waals surface area contributed by atoms with Crippen LogP contribution in [0.2, 0.25) is 0 Å². The minimum absolute atomic E-state index is 0.102. The maximum atomic E-state index is 11.9. The number of rotatable bonds is 2. The van der Waals surface area contributed by atoms with E-state index in [1.807, 2.05) is 13.0 Å². The summed E-state index contributed by atoms with van der Waals surface area (Å²) in [6.45, 7) is 8.38. The van der Waals surface area contributed by atoms with E-state index in [2.05, 4.69) is 32.9 Å². The van der Waals surface area contributed by atoms with E-state index in [-0.39, 0.29) is 17.1 Å². The van der Waals surface area contributed by atoms with Gasteiger partial charge in [-0.2, -0.15) is 0 Å². The van der Waals surface area contributed by atoms with Crippen molar-refractivity contribution in [1.29, 1.82) is 0 Å². The molecule has 0 saturated heterocycles. The van der Waals surface area contributed by atoms with Crippen molar-refractivity contribution in [3.05, 3.63) is 24.3 Å². The molecule has 0 fully saturated rings. The fourth-order valence-corrected chi connectivity index (χ4v) is 2.45. The van der Waals surface area contributed by atoms with Gasteiger partial charge < -0.3 is 0 Å². The fourth-order valence-electron chi connectivity index (χ4n) is 2.45. The zero-order chi connectivity index (χ0) is 10.8. The Morgan fingerprint density at radius 3 is 2.64 bits per heavy atom. The van der Waals surface area contributed by atoms with E-state index in [0.717, 1.165) is 6.42 Å². The number of ketones is 1. The molecule has 0 heterocycles. The maximum Gasteiger partial charge on any atom is 0.159 e. The Kier molecular flexibility index (Phi) is 3.30. The highest BCUT2D eigenvalue weighted by molar-refractivity contribution is 5.92. The second kappa shape index (κ2) is 4.12. The fraction of sp³-hybridized carbons (Fsp3) is 0.615. The molecule has 1 heteroatoms. The molecule has 0 radical (unpaired) electrons. The summed E-state index contributed by atoms with van der Waals surface area (Å²) in [4.78, 5) is 11.9. The normalized spacial score (nSPS) is 30.9. The summed E-state index contributed by atoms with van der Waals surface area (Å²) >= 11 is 0. The third-order valence-corrected chi connectivity index (χ3v) is 3.09. The van der Waals surface area contributed by atoms with Crippen molar-refractivity contribution in [2.24, 2.45) is 17.3 Å². The molecule has 0 spiro atoms. The molecule has 0 amide bonds. The lowest BCUT2D eigenvalue weighted by molar-refractivity contribution is -0.123. The SMILES string of the molecule is CC=CC(=O)[C@@H]1[C@H](C)C=CCC1(C)C. The van der Waals surface area contributed by atoms with Crippen molar-refractivity contribution >= 4 is 5.78 Å². The van der Waals surface area contributed by atoms with Gasteiger partial charge in [0.05, 0.1) is 0 Å². The summed E-state index contributed by atoms with van der Waals surface area (Å²) in [6.07, 6.45) is 8.91. The van der Waals surface area contributed by atoms with Crippen LogP contribution in [0, 0.1) is 17.3 Å². The minimum atomic E-state index is 0.102. The molecule has 0 bridgehead atoms. The molecule has 0 aromatic heterocycles. The first-order valence-corrected chi connectivity index (χ1v) is 5.32. The summed E-state index contributed by atoms with van der Waals surface area (Å²) in [5, 5.41) is 0. The molecule has 0 unspecified atom stereocenters. The van der Waals surface area contributed by atoms with Gasteiger partial charge in [0.2, 0.25) is 0 Å². The van der Waals surface area contributed by atoms with Crippen LogP contribution in [0.1, 0.15) is 34.1 Å². The quantitative estimate of drug-likeness (QED) is 0.484. The minimum Gasteiger partial charge on any atom is -0.295 e. The summed E-state index contributed by atoms with van der Waals surface area (Å²) in [6, 6.07) is 0. The molecule has 0 N–H and O–H groups in total. The van der Waals surface area contributed by atoms with Crippen LogP contribution in [0.3, 0.4) is 0 Å². The second-order valence-corrected chi connectivity index (χ2v) is 4.86. The van der Waals surface area contributed by atoms with Gasteiger partial charge in [0.1, 0.15) is 0 Å².